The van der Waals surface area contributed by atoms with Gasteiger partial charge in [0, 0.05) is 49.7 Å². The summed E-state index contributed by atoms with van der Waals surface area (Å²) in [6.45, 7) is 1.90. The minimum absolute atomic E-state index is 0.210. The molecule has 0 N–H and O–H groups in total. The van der Waals surface area contributed by atoms with Crippen LogP contribution in [0.25, 0.3) is 0 Å². The van der Waals surface area contributed by atoms with Crippen LogP contribution in [0.2, 0.25) is 0 Å². The highest BCUT2D eigenvalue weighted by atomic mass is 19.1. The molecule has 136 valence electrons. The van der Waals surface area contributed by atoms with E-state index in [-0.39, 0.29) is 17.9 Å². The summed E-state index contributed by atoms with van der Waals surface area (Å²) in [6.07, 6.45) is 6.09. The van der Waals surface area contributed by atoms with Gasteiger partial charge < -0.3 is 4.57 Å². The quantitative estimate of drug-likeness (QED) is 0.595. The van der Waals surface area contributed by atoms with Crippen molar-refractivity contribution in [3.05, 3.63) is 89.8 Å². The first kappa shape index (κ1) is 18.2. The van der Waals surface area contributed by atoms with E-state index in [0.717, 1.165) is 25.1 Å². The second-order valence-corrected chi connectivity index (χ2v) is 6.19. The number of aromatic nitrogens is 2. The summed E-state index contributed by atoms with van der Waals surface area (Å²) >= 11 is 0. The van der Waals surface area contributed by atoms with E-state index in [9.17, 15) is 13.2 Å². The van der Waals surface area contributed by atoms with Crippen molar-refractivity contribution in [1.82, 2.24) is 14.5 Å². The number of aryl methyl sites for hydroxylation is 1. The van der Waals surface area contributed by atoms with Crippen LogP contribution in [-0.2, 0) is 19.6 Å². The molecule has 1 heterocycles. The summed E-state index contributed by atoms with van der Waals surface area (Å²) in [7, 11) is 0. The Balaban J connectivity index is 1.71. The number of nitrogens with zero attached hydrogens (tertiary/aromatic N) is 3. The van der Waals surface area contributed by atoms with E-state index in [4.69, 9.17) is 0 Å². The van der Waals surface area contributed by atoms with E-state index >= 15 is 0 Å². The molecule has 0 unspecified atom stereocenters. The van der Waals surface area contributed by atoms with Gasteiger partial charge in [-0.15, -0.1) is 0 Å². The van der Waals surface area contributed by atoms with Crippen molar-refractivity contribution in [3.8, 4) is 0 Å². The molecule has 0 atom stereocenters. The van der Waals surface area contributed by atoms with Crippen LogP contribution in [0.5, 0.6) is 0 Å². The lowest BCUT2D eigenvalue weighted by molar-refractivity contribution is 0.241. The second kappa shape index (κ2) is 8.67. The molecule has 3 rings (SSSR count). The molecule has 26 heavy (non-hydrogen) atoms. The van der Waals surface area contributed by atoms with Crippen molar-refractivity contribution in [2.75, 3.05) is 6.54 Å². The standard InChI is InChI=1S/C20H20F3N3/c21-18-6-7-20(23)17(12-18)14-26(10-3-9-25-11-8-24-15-25)13-16-4-1-2-5-19(16)22/h1-2,4-8,11-12,15H,3,9-10,13-14H2. The van der Waals surface area contributed by atoms with Gasteiger partial charge in [-0.2, -0.15) is 0 Å². The van der Waals surface area contributed by atoms with Gasteiger partial charge >= 0.3 is 0 Å². The molecule has 0 aliphatic carbocycles. The van der Waals surface area contributed by atoms with Gasteiger partial charge in [0.05, 0.1) is 6.33 Å². The summed E-state index contributed by atoms with van der Waals surface area (Å²) in [5.41, 5.74) is 0.802. The van der Waals surface area contributed by atoms with E-state index < -0.39 is 11.6 Å². The van der Waals surface area contributed by atoms with Crippen LogP contribution in [0, 0.1) is 17.5 Å². The Labute approximate surface area is 150 Å². The number of benzene rings is 2. The third-order valence-corrected chi connectivity index (χ3v) is 4.20. The number of imidazole rings is 1. The minimum atomic E-state index is -0.481. The Morgan fingerprint density at radius 2 is 1.69 bits per heavy atom. The molecule has 0 bridgehead atoms. The number of halogens is 3. The van der Waals surface area contributed by atoms with Crippen LogP contribution >= 0.6 is 0 Å². The van der Waals surface area contributed by atoms with E-state index in [1.807, 2.05) is 15.7 Å². The number of hydrogen-bond acceptors (Lipinski definition) is 2. The maximum absolute atomic E-state index is 14.0. The van der Waals surface area contributed by atoms with Crippen molar-refractivity contribution < 1.29 is 13.2 Å². The smallest absolute Gasteiger partial charge is 0.127 e. The lowest BCUT2D eigenvalue weighted by Crippen LogP contribution is -2.26. The zero-order valence-corrected chi connectivity index (χ0v) is 14.3. The largest absolute Gasteiger partial charge is 0.337 e. The third-order valence-electron chi connectivity index (χ3n) is 4.20. The van der Waals surface area contributed by atoms with Crippen LogP contribution in [0.4, 0.5) is 13.2 Å². The Kier molecular flexibility index (Phi) is 6.07. The van der Waals surface area contributed by atoms with Crippen molar-refractivity contribution in [2.24, 2.45) is 0 Å². The maximum Gasteiger partial charge on any atom is 0.127 e. The molecule has 0 saturated heterocycles. The molecule has 6 heteroatoms. The van der Waals surface area contributed by atoms with Crippen LogP contribution in [0.15, 0.2) is 61.2 Å². The summed E-state index contributed by atoms with van der Waals surface area (Å²) in [4.78, 5) is 5.92. The molecular formula is C20H20F3N3. The molecule has 0 radical (unpaired) electrons. The highest BCUT2D eigenvalue weighted by Crippen LogP contribution is 2.16. The first-order valence-electron chi connectivity index (χ1n) is 8.47. The van der Waals surface area contributed by atoms with E-state index in [0.29, 0.717) is 18.7 Å². The van der Waals surface area contributed by atoms with Gasteiger partial charge in [-0.1, -0.05) is 18.2 Å². The molecule has 2 aromatic carbocycles. The summed E-state index contributed by atoms with van der Waals surface area (Å²) in [5, 5.41) is 0. The first-order chi connectivity index (χ1) is 12.6. The fraction of sp³-hybridized carbons (Fsp3) is 0.250. The number of rotatable bonds is 8. The lowest BCUT2D eigenvalue weighted by Gasteiger charge is -2.23. The van der Waals surface area contributed by atoms with Crippen LogP contribution in [0.3, 0.4) is 0 Å². The normalized spacial score (nSPS) is 11.2. The predicted molar refractivity (Wildman–Crippen MR) is 93.7 cm³/mol. The molecular weight excluding hydrogens is 339 g/mol. The van der Waals surface area contributed by atoms with Gasteiger partial charge in [0.2, 0.25) is 0 Å². The van der Waals surface area contributed by atoms with Crippen molar-refractivity contribution >= 4 is 0 Å². The van der Waals surface area contributed by atoms with Crippen molar-refractivity contribution in [1.29, 1.82) is 0 Å². The highest BCUT2D eigenvalue weighted by molar-refractivity contribution is 5.20. The Morgan fingerprint density at radius 1 is 0.923 bits per heavy atom. The third kappa shape index (κ3) is 4.95. The Bertz CT molecular complexity index is 834. The van der Waals surface area contributed by atoms with Crippen molar-refractivity contribution in [3.63, 3.8) is 0 Å². The lowest BCUT2D eigenvalue weighted by atomic mass is 10.1. The Morgan fingerprint density at radius 3 is 2.46 bits per heavy atom. The molecule has 0 spiro atoms. The summed E-state index contributed by atoms with van der Waals surface area (Å²) < 4.78 is 43.4. The van der Waals surface area contributed by atoms with Gasteiger partial charge in [-0.3, -0.25) is 4.90 Å². The molecule has 0 saturated carbocycles. The van der Waals surface area contributed by atoms with Gasteiger partial charge in [-0.05, 0) is 30.7 Å². The molecule has 0 amide bonds. The van der Waals surface area contributed by atoms with Gasteiger partial charge in [0.15, 0.2) is 0 Å². The van der Waals surface area contributed by atoms with E-state index in [2.05, 4.69) is 4.98 Å². The fourth-order valence-corrected chi connectivity index (χ4v) is 2.88. The first-order valence-corrected chi connectivity index (χ1v) is 8.47. The topological polar surface area (TPSA) is 21.1 Å². The molecule has 3 nitrogen and oxygen atoms in total. The highest BCUT2D eigenvalue weighted by Gasteiger charge is 2.13. The molecule has 0 aliphatic heterocycles. The summed E-state index contributed by atoms with van der Waals surface area (Å²) in [6, 6.07) is 9.93. The fourth-order valence-electron chi connectivity index (χ4n) is 2.88. The van der Waals surface area contributed by atoms with E-state index in [1.54, 1.807) is 30.7 Å². The number of hydrogen-bond donors (Lipinski definition) is 0. The second-order valence-electron chi connectivity index (χ2n) is 6.19. The van der Waals surface area contributed by atoms with Crippen molar-refractivity contribution in [2.45, 2.75) is 26.1 Å². The minimum Gasteiger partial charge on any atom is -0.337 e. The average Bonchev–Trinajstić information content (AvgIpc) is 3.13. The zero-order valence-electron chi connectivity index (χ0n) is 14.3. The molecule has 1 aromatic heterocycles. The maximum atomic E-state index is 14.0. The predicted octanol–water partition coefficient (Wildman–Crippen LogP) is 4.39. The van der Waals surface area contributed by atoms with Crippen LogP contribution < -0.4 is 0 Å². The molecule has 3 aromatic rings. The Hall–Kier alpha value is -2.60. The summed E-state index contributed by atoms with van der Waals surface area (Å²) in [5.74, 6) is -1.24. The monoisotopic (exact) mass is 359 g/mol. The van der Waals surface area contributed by atoms with Crippen LogP contribution in [-0.4, -0.2) is 21.0 Å². The van der Waals surface area contributed by atoms with E-state index in [1.165, 1.54) is 12.1 Å². The average molecular weight is 359 g/mol. The zero-order chi connectivity index (χ0) is 18.4. The van der Waals surface area contributed by atoms with Gasteiger partial charge in [-0.25, -0.2) is 18.2 Å². The molecule has 0 fully saturated rings. The van der Waals surface area contributed by atoms with Gasteiger partial charge in [0.25, 0.3) is 0 Å². The molecule has 0 aliphatic rings. The van der Waals surface area contributed by atoms with Crippen LogP contribution in [0.1, 0.15) is 17.5 Å². The SMILES string of the molecule is Fc1ccc(F)c(CN(CCCn2ccnc2)Cc2ccccc2F)c1. The van der Waals surface area contributed by atoms with Gasteiger partial charge in [0.1, 0.15) is 17.5 Å².